The second kappa shape index (κ2) is 9.32. The summed E-state index contributed by atoms with van der Waals surface area (Å²) in [4.78, 5) is 26.0. The molecular formula is C19H26ClN3O5S. The maximum absolute atomic E-state index is 12.7. The van der Waals surface area contributed by atoms with Gasteiger partial charge in [-0.1, -0.05) is 11.6 Å². The summed E-state index contributed by atoms with van der Waals surface area (Å²) in [6.45, 7) is 1.72. The molecule has 2 aliphatic heterocycles. The van der Waals surface area contributed by atoms with Crippen LogP contribution in [0.3, 0.4) is 0 Å². The Morgan fingerprint density at radius 2 is 1.62 bits per heavy atom. The van der Waals surface area contributed by atoms with Crippen molar-refractivity contribution < 1.29 is 22.7 Å². The Kier molecular flexibility index (Phi) is 7.02. The molecule has 0 unspecified atom stereocenters. The molecule has 0 bridgehead atoms. The second-order valence-electron chi connectivity index (χ2n) is 7.37. The van der Waals surface area contributed by atoms with Crippen molar-refractivity contribution in [2.45, 2.75) is 36.6 Å². The van der Waals surface area contributed by atoms with Crippen LogP contribution in [0.2, 0.25) is 5.02 Å². The Bertz CT molecular complexity index is 830. The van der Waals surface area contributed by atoms with Gasteiger partial charge in [-0.05, 0) is 49.9 Å². The molecule has 1 aromatic carbocycles. The van der Waals surface area contributed by atoms with E-state index in [0.717, 1.165) is 0 Å². The van der Waals surface area contributed by atoms with E-state index in [4.69, 9.17) is 16.3 Å². The summed E-state index contributed by atoms with van der Waals surface area (Å²) >= 11 is 5.83. The monoisotopic (exact) mass is 443 g/mol. The highest BCUT2D eigenvalue weighted by Gasteiger charge is 2.33. The minimum absolute atomic E-state index is 0.0271. The highest BCUT2D eigenvalue weighted by molar-refractivity contribution is 7.89. The maximum Gasteiger partial charge on any atom is 0.409 e. The van der Waals surface area contributed by atoms with E-state index in [1.54, 1.807) is 17.0 Å². The largest absolute Gasteiger partial charge is 0.453 e. The molecular weight excluding hydrogens is 418 g/mol. The molecule has 160 valence electrons. The number of benzene rings is 1. The number of nitrogens with zero attached hydrogens (tertiary/aromatic N) is 2. The van der Waals surface area contributed by atoms with Crippen LogP contribution in [0, 0.1) is 5.92 Å². The van der Waals surface area contributed by atoms with Crippen LogP contribution >= 0.6 is 11.6 Å². The summed E-state index contributed by atoms with van der Waals surface area (Å²) in [5.74, 6) is -0.240. The fourth-order valence-electron chi connectivity index (χ4n) is 3.77. The number of carbonyl (C=O) groups excluding carboxylic acids is 2. The third kappa shape index (κ3) is 5.21. The van der Waals surface area contributed by atoms with Crippen molar-refractivity contribution in [3.63, 3.8) is 0 Å². The highest BCUT2D eigenvalue weighted by atomic mass is 35.5. The molecule has 2 fully saturated rings. The Morgan fingerprint density at radius 3 is 2.17 bits per heavy atom. The molecule has 10 heteroatoms. The van der Waals surface area contributed by atoms with Gasteiger partial charge in [0.05, 0.1) is 12.0 Å². The fraction of sp³-hybridized carbons (Fsp3) is 0.579. The van der Waals surface area contributed by atoms with Crippen molar-refractivity contribution in [2.75, 3.05) is 33.3 Å². The van der Waals surface area contributed by atoms with Crippen LogP contribution in [0.25, 0.3) is 0 Å². The van der Waals surface area contributed by atoms with E-state index in [1.165, 1.54) is 23.5 Å². The molecule has 8 nitrogen and oxygen atoms in total. The van der Waals surface area contributed by atoms with Gasteiger partial charge in [-0.25, -0.2) is 13.2 Å². The third-order valence-electron chi connectivity index (χ3n) is 5.55. The molecule has 0 spiro atoms. The van der Waals surface area contributed by atoms with Gasteiger partial charge in [0.2, 0.25) is 15.9 Å². The lowest BCUT2D eigenvalue weighted by atomic mass is 9.96. The predicted octanol–water partition coefficient (Wildman–Crippen LogP) is 2.09. The molecule has 1 N–H and O–H groups in total. The zero-order chi connectivity index (χ0) is 21.0. The summed E-state index contributed by atoms with van der Waals surface area (Å²) < 4.78 is 31.6. The van der Waals surface area contributed by atoms with Gasteiger partial charge in [-0.3, -0.25) is 4.79 Å². The molecule has 2 saturated heterocycles. The quantitative estimate of drug-likeness (QED) is 0.768. The number of piperidine rings is 2. The summed E-state index contributed by atoms with van der Waals surface area (Å²) in [6.07, 6.45) is 2.00. The van der Waals surface area contributed by atoms with Gasteiger partial charge in [0.25, 0.3) is 0 Å². The number of sulfonamides is 1. The van der Waals surface area contributed by atoms with Crippen molar-refractivity contribution in [1.29, 1.82) is 0 Å². The van der Waals surface area contributed by atoms with Crippen molar-refractivity contribution in [2.24, 2.45) is 5.92 Å². The average Bonchev–Trinajstić information content (AvgIpc) is 2.74. The van der Waals surface area contributed by atoms with Crippen LogP contribution < -0.4 is 5.32 Å². The number of amides is 2. The molecule has 0 atom stereocenters. The minimum atomic E-state index is -3.58. The summed E-state index contributed by atoms with van der Waals surface area (Å²) in [5.41, 5.74) is 0. The summed E-state index contributed by atoms with van der Waals surface area (Å²) in [7, 11) is -2.22. The van der Waals surface area contributed by atoms with Crippen molar-refractivity contribution in [3.8, 4) is 0 Å². The zero-order valence-electron chi connectivity index (χ0n) is 16.3. The normalized spacial score (nSPS) is 19.7. The average molecular weight is 444 g/mol. The Balaban J connectivity index is 1.48. The number of rotatable bonds is 4. The van der Waals surface area contributed by atoms with E-state index in [1.807, 2.05) is 0 Å². The van der Waals surface area contributed by atoms with Crippen molar-refractivity contribution in [3.05, 3.63) is 29.3 Å². The number of hydrogen-bond acceptors (Lipinski definition) is 5. The second-order valence-corrected chi connectivity index (χ2v) is 9.75. The Morgan fingerprint density at radius 1 is 1.03 bits per heavy atom. The first kappa shape index (κ1) is 21.9. The lowest BCUT2D eigenvalue weighted by Crippen LogP contribution is -2.49. The molecule has 1 aromatic rings. The molecule has 2 amide bonds. The van der Waals surface area contributed by atoms with E-state index >= 15 is 0 Å². The van der Waals surface area contributed by atoms with Crippen molar-refractivity contribution in [1.82, 2.24) is 14.5 Å². The first-order valence-electron chi connectivity index (χ1n) is 9.70. The van der Waals surface area contributed by atoms with Gasteiger partial charge >= 0.3 is 6.09 Å². The van der Waals surface area contributed by atoms with Gasteiger partial charge in [0.15, 0.2) is 0 Å². The van der Waals surface area contributed by atoms with Crippen molar-refractivity contribution >= 4 is 33.6 Å². The SMILES string of the molecule is COC(=O)N1CCC(NC(=O)C2CCN(S(=O)(=O)c3ccc(Cl)cc3)CC2)CC1. The van der Waals surface area contributed by atoms with Crippen LogP contribution in [0.5, 0.6) is 0 Å². The number of ether oxygens (including phenoxy) is 1. The number of halogens is 1. The van der Waals surface area contributed by atoms with E-state index in [-0.39, 0.29) is 28.9 Å². The summed E-state index contributed by atoms with van der Waals surface area (Å²) in [5, 5.41) is 3.54. The van der Waals surface area contributed by atoms with Crippen LogP contribution in [-0.4, -0.2) is 69.0 Å². The van der Waals surface area contributed by atoms with Gasteiger partial charge in [-0.2, -0.15) is 4.31 Å². The fourth-order valence-corrected chi connectivity index (χ4v) is 5.36. The Hall–Kier alpha value is -1.84. The topological polar surface area (TPSA) is 96.0 Å². The molecule has 0 saturated carbocycles. The number of likely N-dealkylation sites (tertiary alicyclic amines) is 1. The van der Waals surface area contributed by atoms with E-state index in [9.17, 15) is 18.0 Å². The number of methoxy groups -OCH3 is 1. The summed E-state index contributed by atoms with van der Waals surface area (Å²) in [6, 6.07) is 6.13. The predicted molar refractivity (Wildman–Crippen MR) is 108 cm³/mol. The van der Waals surface area contributed by atoms with Crippen LogP contribution in [-0.2, 0) is 19.6 Å². The first-order valence-corrected chi connectivity index (χ1v) is 11.5. The van der Waals surface area contributed by atoms with E-state index in [2.05, 4.69) is 5.32 Å². The van der Waals surface area contributed by atoms with Crippen LogP contribution in [0.4, 0.5) is 4.79 Å². The molecule has 2 aliphatic rings. The van der Waals surface area contributed by atoms with Gasteiger partial charge in [-0.15, -0.1) is 0 Å². The van der Waals surface area contributed by atoms with Crippen LogP contribution in [0.15, 0.2) is 29.2 Å². The zero-order valence-corrected chi connectivity index (χ0v) is 17.9. The molecule has 0 aromatic heterocycles. The maximum atomic E-state index is 12.7. The number of carbonyl (C=O) groups is 2. The highest BCUT2D eigenvalue weighted by Crippen LogP contribution is 2.25. The van der Waals surface area contributed by atoms with Gasteiger partial charge in [0.1, 0.15) is 0 Å². The molecule has 29 heavy (non-hydrogen) atoms. The molecule has 0 radical (unpaired) electrons. The molecule has 3 rings (SSSR count). The molecule has 0 aliphatic carbocycles. The third-order valence-corrected chi connectivity index (χ3v) is 7.72. The Labute approximate surface area is 176 Å². The lowest BCUT2D eigenvalue weighted by molar-refractivity contribution is -0.127. The lowest BCUT2D eigenvalue weighted by Gasteiger charge is -2.34. The molecule has 2 heterocycles. The minimum Gasteiger partial charge on any atom is -0.453 e. The standard InChI is InChI=1S/C19H26ClN3O5S/c1-28-19(25)22-10-8-16(9-11-22)21-18(24)14-6-12-23(13-7-14)29(26,27)17-4-2-15(20)3-5-17/h2-5,14,16H,6-13H2,1H3,(H,21,24). The van der Waals surface area contributed by atoms with Gasteiger partial charge < -0.3 is 15.0 Å². The van der Waals surface area contributed by atoms with Gasteiger partial charge in [0, 0.05) is 43.2 Å². The number of hydrogen-bond donors (Lipinski definition) is 1. The van der Waals surface area contributed by atoms with Crippen LogP contribution in [0.1, 0.15) is 25.7 Å². The first-order chi connectivity index (χ1) is 13.8. The number of nitrogens with one attached hydrogen (secondary N) is 1. The van der Waals surface area contributed by atoms with E-state index in [0.29, 0.717) is 56.9 Å². The smallest absolute Gasteiger partial charge is 0.409 e. The van der Waals surface area contributed by atoms with E-state index < -0.39 is 10.0 Å².